The van der Waals surface area contributed by atoms with Crippen molar-refractivity contribution in [3.8, 4) is 0 Å². The van der Waals surface area contributed by atoms with Crippen molar-refractivity contribution in [2.24, 2.45) is 0 Å². The van der Waals surface area contributed by atoms with Crippen molar-refractivity contribution in [2.75, 3.05) is 5.32 Å². The number of rotatable bonds is 2. The molecule has 0 aliphatic heterocycles. The van der Waals surface area contributed by atoms with Crippen molar-refractivity contribution in [3.63, 3.8) is 0 Å². The van der Waals surface area contributed by atoms with Gasteiger partial charge in [0, 0.05) is 10.7 Å². The summed E-state index contributed by atoms with van der Waals surface area (Å²) < 4.78 is 27.0. The summed E-state index contributed by atoms with van der Waals surface area (Å²) in [5, 5.41) is 2.52. The Labute approximate surface area is 116 Å². The Morgan fingerprint density at radius 1 is 1.32 bits per heavy atom. The molecule has 6 heteroatoms. The summed E-state index contributed by atoms with van der Waals surface area (Å²) in [5.41, 5.74) is 1.03. The maximum atomic E-state index is 13.4. The standard InChI is InChI=1S/C13H9BrF2N2O/c1-7-2-3-9(14)10(6-7)18-13(19)8-4-5-17-12(16)11(8)15/h2-6H,1H3,(H,18,19). The maximum absolute atomic E-state index is 13.4. The topological polar surface area (TPSA) is 42.0 Å². The van der Waals surface area contributed by atoms with E-state index in [1.807, 2.05) is 13.0 Å². The van der Waals surface area contributed by atoms with Gasteiger partial charge in [-0.1, -0.05) is 6.07 Å². The van der Waals surface area contributed by atoms with E-state index in [0.29, 0.717) is 10.2 Å². The molecule has 0 radical (unpaired) electrons. The van der Waals surface area contributed by atoms with Gasteiger partial charge < -0.3 is 5.32 Å². The highest BCUT2D eigenvalue weighted by Gasteiger charge is 2.16. The van der Waals surface area contributed by atoms with Crippen molar-refractivity contribution in [1.29, 1.82) is 0 Å². The zero-order chi connectivity index (χ0) is 14.0. The summed E-state index contributed by atoms with van der Waals surface area (Å²) in [6.45, 7) is 1.86. The summed E-state index contributed by atoms with van der Waals surface area (Å²) in [7, 11) is 0. The largest absolute Gasteiger partial charge is 0.321 e. The molecule has 1 amide bonds. The molecule has 1 aromatic carbocycles. The molecule has 2 rings (SSSR count). The van der Waals surface area contributed by atoms with Crippen molar-refractivity contribution in [1.82, 2.24) is 4.98 Å². The molecule has 0 fully saturated rings. The molecular formula is C13H9BrF2N2O. The van der Waals surface area contributed by atoms with Crippen LogP contribution in [0.4, 0.5) is 14.5 Å². The van der Waals surface area contributed by atoms with Gasteiger partial charge in [0.25, 0.3) is 5.91 Å². The average Bonchev–Trinajstić information content (AvgIpc) is 2.37. The quantitative estimate of drug-likeness (QED) is 0.855. The number of hydrogen-bond acceptors (Lipinski definition) is 2. The number of aromatic nitrogens is 1. The molecule has 3 nitrogen and oxygen atoms in total. The van der Waals surface area contributed by atoms with Gasteiger partial charge in [0.05, 0.1) is 11.3 Å². The number of nitrogens with zero attached hydrogens (tertiary/aromatic N) is 1. The predicted octanol–water partition coefficient (Wildman–Crippen LogP) is 3.68. The SMILES string of the molecule is Cc1ccc(Br)c(NC(=O)c2ccnc(F)c2F)c1. The van der Waals surface area contributed by atoms with Gasteiger partial charge in [-0.3, -0.25) is 4.79 Å². The highest BCUT2D eigenvalue weighted by Crippen LogP contribution is 2.24. The highest BCUT2D eigenvalue weighted by molar-refractivity contribution is 9.10. The van der Waals surface area contributed by atoms with E-state index in [4.69, 9.17) is 0 Å². The van der Waals surface area contributed by atoms with E-state index in [1.54, 1.807) is 12.1 Å². The van der Waals surface area contributed by atoms with Crippen LogP contribution in [0, 0.1) is 18.7 Å². The molecule has 0 spiro atoms. The van der Waals surface area contributed by atoms with Crippen molar-refractivity contribution in [3.05, 3.63) is 57.8 Å². The lowest BCUT2D eigenvalue weighted by molar-refractivity contribution is 0.102. The second-order valence-corrected chi connectivity index (χ2v) is 4.76. The minimum Gasteiger partial charge on any atom is -0.321 e. The first-order chi connectivity index (χ1) is 8.99. The minimum absolute atomic E-state index is 0.388. The van der Waals surface area contributed by atoms with Crippen LogP contribution in [-0.4, -0.2) is 10.9 Å². The number of nitrogens with one attached hydrogen (secondary N) is 1. The van der Waals surface area contributed by atoms with Crippen molar-refractivity contribution < 1.29 is 13.6 Å². The fourth-order valence-corrected chi connectivity index (χ4v) is 1.86. The lowest BCUT2D eigenvalue weighted by atomic mass is 10.2. The number of aryl methyl sites for hydroxylation is 1. The number of hydrogen-bond donors (Lipinski definition) is 1. The Bertz CT molecular complexity index is 647. The molecule has 98 valence electrons. The lowest BCUT2D eigenvalue weighted by Gasteiger charge is -2.09. The summed E-state index contributed by atoms with van der Waals surface area (Å²) in [6, 6.07) is 6.45. The van der Waals surface area contributed by atoms with E-state index in [9.17, 15) is 13.6 Å². The van der Waals surface area contributed by atoms with E-state index in [0.717, 1.165) is 17.8 Å². The normalized spacial score (nSPS) is 10.3. The molecule has 1 heterocycles. The second-order valence-electron chi connectivity index (χ2n) is 3.90. The molecule has 1 aromatic heterocycles. The van der Waals surface area contributed by atoms with Crippen LogP contribution in [0.2, 0.25) is 0 Å². The summed E-state index contributed by atoms with van der Waals surface area (Å²) in [4.78, 5) is 15.0. The van der Waals surface area contributed by atoms with Crippen LogP contribution in [0.1, 0.15) is 15.9 Å². The number of carbonyl (C=O) groups excluding carboxylic acids is 1. The number of pyridine rings is 1. The number of amides is 1. The van der Waals surface area contributed by atoms with Crippen LogP contribution in [0.15, 0.2) is 34.9 Å². The molecule has 0 atom stereocenters. The van der Waals surface area contributed by atoms with Crippen LogP contribution >= 0.6 is 15.9 Å². The first-order valence-corrected chi connectivity index (χ1v) is 6.16. The Balaban J connectivity index is 2.31. The molecule has 0 aliphatic carbocycles. The van der Waals surface area contributed by atoms with Gasteiger partial charge in [-0.2, -0.15) is 4.39 Å². The zero-order valence-corrected chi connectivity index (χ0v) is 11.5. The van der Waals surface area contributed by atoms with Crippen LogP contribution in [0.25, 0.3) is 0 Å². The molecule has 0 saturated carbocycles. The molecule has 0 unspecified atom stereocenters. The maximum Gasteiger partial charge on any atom is 0.258 e. The molecule has 0 bridgehead atoms. The zero-order valence-electron chi connectivity index (χ0n) is 9.88. The number of benzene rings is 1. The number of carbonyl (C=O) groups is 1. The average molecular weight is 327 g/mol. The third-order valence-electron chi connectivity index (χ3n) is 2.46. The minimum atomic E-state index is -1.30. The Hall–Kier alpha value is -1.82. The summed E-state index contributed by atoms with van der Waals surface area (Å²) >= 11 is 3.27. The smallest absolute Gasteiger partial charge is 0.258 e. The first kappa shape index (κ1) is 13.6. The van der Waals surface area contributed by atoms with Gasteiger partial charge in [0.15, 0.2) is 5.82 Å². The Morgan fingerprint density at radius 2 is 2.05 bits per heavy atom. The molecular weight excluding hydrogens is 318 g/mol. The van der Waals surface area contributed by atoms with Crippen LogP contribution in [0.3, 0.4) is 0 Å². The number of halogens is 3. The van der Waals surface area contributed by atoms with Gasteiger partial charge in [0.2, 0.25) is 5.95 Å². The molecule has 2 aromatic rings. The first-order valence-electron chi connectivity index (χ1n) is 5.36. The van der Waals surface area contributed by atoms with E-state index in [2.05, 4.69) is 26.2 Å². The monoisotopic (exact) mass is 326 g/mol. The van der Waals surface area contributed by atoms with Crippen molar-refractivity contribution >= 4 is 27.5 Å². The fourth-order valence-electron chi connectivity index (χ4n) is 1.52. The molecule has 1 N–H and O–H groups in total. The van der Waals surface area contributed by atoms with Crippen LogP contribution < -0.4 is 5.32 Å². The molecule has 0 aliphatic rings. The van der Waals surface area contributed by atoms with Gasteiger partial charge in [-0.25, -0.2) is 9.37 Å². The molecule has 19 heavy (non-hydrogen) atoms. The van der Waals surface area contributed by atoms with Gasteiger partial charge >= 0.3 is 0 Å². The third-order valence-corrected chi connectivity index (χ3v) is 3.15. The highest BCUT2D eigenvalue weighted by atomic mass is 79.9. The molecule has 0 saturated heterocycles. The van der Waals surface area contributed by atoms with Crippen LogP contribution in [-0.2, 0) is 0 Å². The lowest BCUT2D eigenvalue weighted by Crippen LogP contribution is -2.15. The van der Waals surface area contributed by atoms with Crippen molar-refractivity contribution in [2.45, 2.75) is 6.92 Å². The summed E-state index contributed by atoms with van der Waals surface area (Å²) in [5.74, 6) is -3.29. The van der Waals surface area contributed by atoms with E-state index in [-0.39, 0.29) is 5.56 Å². The Kier molecular flexibility index (Phi) is 3.90. The third kappa shape index (κ3) is 2.96. The Morgan fingerprint density at radius 3 is 2.79 bits per heavy atom. The van der Waals surface area contributed by atoms with E-state index < -0.39 is 17.7 Å². The van der Waals surface area contributed by atoms with Gasteiger partial charge in [-0.15, -0.1) is 0 Å². The summed E-state index contributed by atoms with van der Waals surface area (Å²) in [6.07, 6.45) is 1.04. The predicted molar refractivity (Wildman–Crippen MR) is 71.0 cm³/mol. The van der Waals surface area contributed by atoms with Gasteiger partial charge in [0.1, 0.15) is 0 Å². The second kappa shape index (κ2) is 5.44. The van der Waals surface area contributed by atoms with E-state index in [1.165, 1.54) is 0 Å². The van der Waals surface area contributed by atoms with E-state index >= 15 is 0 Å². The van der Waals surface area contributed by atoms with Gasteiger partial charge in [-0.05, 0) is 46.6 Å². The number of anilines is 1. The van der Waals surface area contributed by atoms with Crippen LogP contribution in [0.5, 0.6) is 0 Å². The fraction of sp³-hybridized carbons (Fsp3) is 0.0769.